The molecule has 0 bridgehead atoms. The van der Waals surface area contributed by atoms with E-state index >= 15 is 0 Å². The van der Waals surface area contributed by atoms with Gasteiger partial charge in [-0.1, -0.05) is 103 Å². The van der Waals surface area contributed by atoms with Crippen LogP contribution in [0.2, 0.25) is 0 Å². The Kier molecular flexibility index (Phi) is 6.27. The first-order valence-corrected chi connectivity index (χ1v) is 14.5. The summed E-state index contributed by atoms with van der Waals surface area (Å²) >= 11 is 0. The molecule has 44 heavy (non-hydrogen) atoms. The Morgan fingerprint density at radius 3 is 1.77 bits per heavy atom. The average Bonchev–Trinajstić information content (AvgIpc) is 3.47. The summed E-state index contributed by atoms with van der Waals surface area (Å²) in [6, 6.07) is 43.3. The SMILES string of the molecule is Cc1cncc(-c2ccc(-c3nc(-c4ccccc4)nc(-c4ccc5c(c4)oc4cccc(-c6ccccc6)c45)n3)cc2)c1. The van der Waals surface area contributed by atoms with E-state index in [-0.39, 0.29) is 0 Å². The van der Waals surface area contributed by atoms with Crippen LogP contribution in [0.3, 0.4) is 0 Å². The minimum atomic E-state index is 0.589. The number of rotatable bonds is 5. The van der Waals surface area contributed by atoms with Crippen LogP contribution in [-0.2, 0) is 0 Å². The second-order valence-corrected chi connectivity index (χ2v) is 10.9. The molecule has 0 aliphatic carbocycles. The monoisotopic (exact) mass is 566 g/mol. The van der Waals surface area contributed by atoms with Crippen LogP contribution in [0.1, 0.15) is 5.56 Å². The third-order valence-corrected chi connectivity index (χ3v) is 7.86. The largest absolute Gasteiger partial charge is 0.456 e. The number of nitrogens with zero attached hydrogens (tertiary/aromatic N) is 4. The molecule has 0 unspecified atom stereocenters. The Bertz CT molecular complexity index is 2270. The van der Waals surface area contributed by atoms with Gasteiger partial charge in [0, 0.05) is 45.4 Å². The fourth-order valence-electron chi connectivity index (χ4n) is 5.70. The standard InChI is InChI=1S/C39H26N4O/c1-25-21-31(24-40-23-25)26-15-17-29(18-16-26)38-41-37(28-11-6-3-7-12-28)42-39(43-38)30-19-20-33-35(22-30)44-34-14-8-13-32(36(33)34)27-9-4-2-5-10-27/h2-24H,1H3. The van der Waals surface area contributed by atoms with Crippen molar-refractivity contribution in [3.63, 3.8) is 0 Å². The van der Waals surface area contributed by atoms with Gasteiger partial charge in [-0.2, -0.15) is 0 Å². The maximum atomic E-state index is 6.39. The summed E-state index contributed by atoms with van der Waals surface area (Å²) in [5.41, 5.74) is 9.94. The fourth-order valence-corrected chi connectivity index (χ4v) is 5.70. The van der Waals surface area contributed by atoms with E-state index < -0.39 is 0 Å². The Morgan fingerprint density at radius 1 is 0.455 bits per heavy atom. The molecule has 0 radical (unpaired) electrons. The lowest BCUT2D eigenvalue weighted by Gasteiger charge is -2.09. The highest BCUT2D eigenvalue weighted by Gasteiger charge is 2.16. The first kappa shape index (κ1) is 25.7. The second-order valence-electron chi connectivity index (χ2n) is 10.9. The van der Waals surface area contributed by atoms with Crippen molar-refractivity contribution < 1.29 is 4.42 Å². The molecule has 208 valence electrons. The molecule has 3 aromatic heterocycles. The number of fused-ring (bicyclic) bond motifs is 3. The molecule has 8 aromatic rings. The lowest BCUT2D eigenvalue weighted by Crippen LogP contribution is -2.00. The van der Waals surface area contributed by atoms with E-state index in [1.807, 2.05) is 73.9 Å². The average molecular weight is 567 g/mol. The van der Waals surface area contributed by atoms with E-state index in [9.17, 15) is 0 Å². The molecule has 0 aliphatic rings. The summed E-state index contributed by atoms with van der Waals surface area (Å²) in [7, 11) is 0. The number of pyridine rings is 1. The molecule has 0 fully saturated rings. The molecule has 0 aliphatic heterocycles. The first-order chi connectivity index (χ1) is 21.7. The van der Waals surface area contributed by atoms with Crippen molar-refractivity contribution in [2.45, 2.75) is 6.92 Å². The normalized spacial score (nSPS) is 11.3. The fraction of sp³-hybridized carbons (Fsp3) is 0.0256. The minimum absolute atomic E-state index is 0.589. The molecular weight excluding hydrogens is 540 g/mol. The van der Waals surface area contributed by atoms with Gasteiger partial charge in [0.1, 0.15) is 11.2 Å². The van der Waals surface area contributed by atoms with Crippen LogP contribution in [0.4, 0.5) is 0 Å². The van der Waals surface area contributed by atoms with Crippen LogP contribution in [0.15, 0.2) is 144 Å². The van der Waals surface area contributed by atoms with Crippen LogP contribution in [-0.4, -0.2) is 19.9 Å². The summed E-state index contributed by atoms with van der Waals surface area (Å²) in [5, 5.41) is 2.16. The smallest absolute Gasteiger partial charge is 0.164 e. The molecule has 0 atom stereocenters. The van der Waals surface area contributed by atoms with Crippen molar-refractivity contribution in [3.8, 4) is 56.4 Å². The van der Waals surface area contributed by atoms with Gasteiger partial charge >= 0.3 is 0 Å². The van der Waals surface area contributed by atoms with Crippen molar-refractivity contribution in [1.82, 2.24) is 19.9 Å². The number of aromatic nitrogens is 4. The summed E-state index contributed by atoms with van der Waals surface area (Å²) in [6.07, 6.45) is 3.74. The topological polar surface area (TPSA) is 64.7 Å². The first-order valence-electron chi connectivity index (χ1n) is 14.5. The quantitative estimate of drug-likeness (QED) is 0.207. The van der Waals surface area contributed by atoms with Gasteiger partial charge < -0.3 is 4.42 Å². The number of hydrogen-bond acceptors (Lipinski definition) is 5. The van der Waals surface area contributed by atoms with Crippen LogP contribution in [0, 0.1) is 6.92 Å². The molecule has 0 saturated heterocycles. The Hall–Kier alpha value is -5.94. The zero-order valence-electron chi connectivity index (χ0n) is 24.0. The van der Waals surface area contributed by atoms with E-state index in [0.29, 0.717) is 17.5 Å². The van der Waals surface area contributed by atoms with Crippen LogP contribution >= 0.6 is 0 Å². The highest BCUT2D eigenvalue weighted by Crippen LogP contribution is 2.38. The number of hydrogen-bond donors (Lipinski definition) is 0. The van der Waals surface area contributed by atoms with Crippen molar-refractivity contribution in [2.75, 3.05) is 0 Å². The lowest BCUT2D eigenvalue weighted by molar-refractivity contribution is 0.669. The minimum Gasteiger partial charge on any atom is -0.456 e. The van der Waals surface area contributed by atoms with Gasteiger partial charge in [0.15, 0.2) is 17.5 Å². The molecule has 0 N–H and O–H groups in total. The maximum absolute atomic E-state index is 6.39. The van der Waals surface area contributed by atoms with Crippen LogP contribution in [0.25, 0.3) is 78.4 Å². The highest BCUT2D eigenvalue weighted by molar-refractivity contribution is 6.12. The van der Waals surface area contributed by atoms with E-state index in [1.165, 1.54) is 0 Å². The predicted molar refractivity (Wildman–Crippen MR) is 177 cm³/mol. The molecule has 5 aromatic carbocycles. The molecule has 0 amide bonds. The molecule has 5 heteroatoms. The summed E-state index contributed by atoms with van der Waals surface area (Å²) in [4.78, 5) is 19.1. The molecule has 0 saturated carbocycles. The van der Waals surface area contributed by atoms with Gasteiger partial charge in [-0.05, 0) is 53.4 Å². The van der Waals surface area contributed by atoms with Crippen LogP contribution < -0.4 is 0 Å². The molecule has 5 nitrogen and oxygen atoms in total. The molecular formula is C39H26N4O. The predicted octanol–water partition coefficient (Wildman–Crippen LogP) is 9.81. The summed E-state index contributed by atoms with van der Waals surface area (Å²) in [5.74, 6) is 1.82. The van der Waals surface area contributed by atoms with E-state index in [0.717, 1.165) is 66.4 Å². The van der Waals surface area contributed by atoms with Gasteiger partial charge in [0.05, 0.1) is 0 Å². The van der Waals surface area contributed by atoms with Crippen molar-refractivity contribution in [3.05, 3.63) is 145 Å². The van der Waals surface area contributed by atoms with Crippen molar-refractivity contribution in [1.29, 1.82) is 0 Å². The highest BCUT2D eigenvalue weighted by atomic mass is 16.3. The number of aryl methyl sites for hydroxylation is 1. The third-order valence-electron chi connectivity index (χ3n) is 7.86. The third kappa shape index (κ3) is 4.71. The zero-order chi connectivity index (χ0) is 29.5. The molecule has 3 heterocycles. The second kappa shape index (κ2) is 10.7. The Labute approximate surface area is 254 Å². The Morgan fingerprint density at radius 2 is 1.07 bits per heavy atom. The van der Waals surface area contributed by atoms with Gasteiger partial charge in [-0.25, -0.2) is 15.0 Å². The zero-order valence-corrected chi connectivity index (χ0v) is 24.0. The Balaban J connectivity index is 1.25. The molecule has 8 rings (SSSR count). The van der Waals surface area contributed by atoms with Crippen LogP contribution in [0.5, 0.6) is 0 Å². The van der Waals surface area contributed by atoms with Gasteiger partial charge in [-0.3, -0.25) is 4.98 Å². The maximum Gasteiger partial charge on any atom is 0.164 e. The van der Waals surface area contributed by atoms with Crippen molar-refractivity contribution in [2.24, 2.45) is 0 Å². The summed E-state index contributed by atoms with van der Waals surface area (Å²) < 4.78 is 6.39. The van der Waals surface area contributed by atoms with E-state index in [2.05, 4.69) is 77.8 Å². The van der Waals surface area contributed by atoms with Crippen molar-refractivity contribution >= 4 is 21.9 Å². The van der Waals surface area contributed by atoms with Gasteiger partial charge in [-0.15, -0.1) is 0 Å². The number of benzene rings is 5. The lowest BCUT2D eigenvalue weighted by atomic mass is 9.99. The number of furan rings is 1. The molecule has 0 spiro atoms. The van der Waals surface area contributed by atoms with E-state index in [4.69, 9.17) is 19.4 Å². The van der Waals surface area contributed by atoms with Gasteiger partial charge in [0.2, 0.25) is 0 Å². The van der Waals surface area contributed by atoms with E-state index in [1.54, 1.807) is 0 Å². The summed E-state index contributed by atoms with van der Waals surface area (Å²) in [6.45, 7) is 2.05. The van der Waals surface area contributed by atoms with Gasteiger partial charge in [0.25, 0.3) is 0 Å².